The maximum absolute atomic E-state index is 12.0. The summed E-state index contributed by atoms with van der Waals surface area (Å²) in [5.41, 5.74) is 1.19. The second-order valence-electron chi connectivity index (χ2n) is 5.72. The van der Waals surface area contributed by atoms with Gasteiger partial charge in [0.2, 0.25) is 0 Å². The number of carbonyl (C=O) groups is 2. The molecule has 1 unspecified atom stereocenters. The van der Waals surface area contributed by atoms with Crippen LogP contribution in [0.2, 0.25) is 0 Å². The van der Waals surface area contributed by atoms with Crippen molar-refractivity contribution in [1.82, 2.24) is 0 Å². The predicted octanol–water partition coefficient (Wildman–Crippen LogP) is 3.51. The topological polar surface area (TPSA) is 118 Å². The van der Waals surface area contributed by atoms with E-state index in [2.05, 4.69) is 21.2 Å². The van der Waals surface area contributed by atoms with Gasteiger partial charge in [0.15, 0.2) is 24.1 Å². The Kier molecular flexibility index (Phi) is 7.86. The van der Waals surface area contributed by atoms with Crippen LogP contribution >= 0.6 is 15.9 Å². The van der Waals surface area contributed by atoms with Gasteiger partial charge in [-0.05, 0) is 43.3 Å². The number of carbonyl (C=O) groups excluding carboxylic acids is 1. The minimum absolute atomic E-state index is 0.109. The number of nitrogens with one attached hydrogen (secondary N) is 1. The van der Waals surface area contributed by atoms with E-state index in [4.69, 9.17) is 19.5 Å². The molecule has 0 saturated carbocycles. The van der Waals surface area contributed by atoms with Crippen molar-refractivity contribution in [2.75, 3.05) is 25.6 Å². The molecule has 2 aromatic rings. The molecule has 0 aliphatic rings. The van der Waals surface area contributed by atoms with Gasteiger partial charge < -0.3 is 24.6 Å². The molecule has 0 fully saturated rings. The zero-order chi connectivity index (χ0) is 21.4. The number of hydrogen-bond donors (Lipinski definition) is 2. The van der Waals surface area contributed by atoms with Crippen LogP contribution in [0.25, 0.3) is 0 Å². The number of nitrogens with zero attached hydrogens (tertiary/aromatic N) is 1. The number of nitriles is 1. The lowest BCUT2D eigenvalue weighted by molar-refractivity contribution is -0.145. The van der Waals surface area contributed by atoms with Gasteiger partial charge >= 0.3 is 11.9 Å². The molecule has 0 heterocycles. The summed E-state index contributed by atoms with van der Waals surface area (Å²) in [5, 5.41) is 21.6. The summed E-state index contributed by atoms with van der Waals surface area (Å²) in [5.74, 6) is -1.39. The van der Waals surface area contributed by atoms with Crippen LogP contribution in [0.15, 0.2) is 40.9 Å². The Bertz CT molecular complexity index is 924. The summed E-state index contributed by atoms with van der Waals surface area (Å²) in [6, 6.07) is 10.3. The first kappa shape index (κ1) is 22.0. The molecule has 9 heteroatoms. The van der Waals surface area contributed by atoms with E-state index in [1.165, 1.54) is 7.11 Å². The number of aliphatic carboxylic acids is 1. The van der Waals surface area contributed by atoms with Crippen LogP contribution in [0, 0.1) is 11.3 Å². The van der Waals surface area contributed by atoms with Gasteiger partial charge in [-0.15, -0.1) is 0 Å². The Balaban J connectivity index is 2.42. The highest BCUT2D eigenvalue weighted by atomic mass is 79.9. The van der Waals surface area contributed by atoms with E-state index >= 15 is 0 Å². The molecular weight excluding hydrogens is 444 g/mol. The maximum Gasteiger partial charge on any atom is 0.344 e. The van der Waals surface area contributed by atoms with Crippen molar-refractivity contribution in [3.63, 3.8) is 0 Å². The smallest absolute Gasteiger partial charge is 0.344 e. The molecule has 0 aliphatic heterocycles. The van der Waals surface area contributed by atoms with E-state index in [-0.39, 0.29) is 23.7 Å². The summed E-state index contributed by atoms with van der Waals surface area (Å²) in [6.07, 6.45) is 0. The molecule has 1 atom stereocenters. The number of esters is 1. The fourth-order valence-electron chi connectivity index (χ4n) is 2.52. The molecule has 0 spiro atoms. The molecule has 2 aromatic carbocycles. The van der Waals surface area contributed by atoms with Crippen molar-refractivity contribution < 1.29 is 28.9 Å². The van der Waals surface area contributed by atoms with Crippen LogP contribution in [0.4, 0.5) is 5.69 Å². The van der Waals surface area contributed by atoms with Gasteiger partial charge in [-0.3, -0.25) is 0 Å². The Morgan fingerprint density at radius 3 is 2.52 bits per heavy atom. The van der Waals surface area contributed by atoms with Crippen molar-refractivity contribution in [1.29, 1.82) is 5.26 Å². The number of benzene rings is 2. The number of methoxy groups -OCH3 is 1. The highest BCUT2D eigenvalue weighted by Gasteiger charge is 2.27. The number of halogens is 1. The largest absolute Gasteiger partial charge is 0.493 e. The molecule has 0 bridgehead atoms. The van der Waals surface area contributed by atoms with Crippen LogP contribution in [-0.2, 0) is 14.3 Å². The van der Waals surface area contributed by atoms with Crippen LogP contribution in [0.5, 0.6) is 11.5 Å². The van der Waals surface area contributed by atoms with E-state index in [9.17, 15) is 14.7 Å². The summed E-state index contributed by atoms with van der Waals surface area (Å²) in [4.78, 5) is 23.7. The summed E-state index contributed by atoms with van der Waals surface area (Å²) >= 11 is 3.33. The molecule has 152 valence electrons. The predicted molar refractivity (Wildman–Crippen MR) is 108 cm³/mol. The van der Waals surface area contributed by atoms with Gasteiger partial charge in [-0.25, -0.2) is 9.59 Å². The van der Waals surface area contributed by atoms with E-state index in [1.54, 1.807) is 43.3 Å². The third-order valence-corrected chi connectivity index (χ3v) is 4.25. The molecule has 0 amide bonds. The molecule has 2 rings (SSSR count). The zero-order valence-corrected chi connectivity index (χ0v) is 17.4. The third-order valence-electron chi connectivity index (χ3n) is 3.79. The van der Waals surface area contributed by atoms with E-state index < -0.39 is 24.6 Å². The standard InChI is InChI=1S/C20H19BrN2O6/c1-3-28-17(24)11-29-19-15(8-13(21)9-16(19)27-2)18(20(25)26)23-14-6-4-12(10-22)5-7-14/h4-9,18,23H,3,11H2,1-2H3,(H,25,26). The normalized spacial score (nSPS) is 11.1. The number of anilines is 1. The molecule has 0 saturated heterocycles. The van der Waals surface area contributed by atoms with Crippen LogP contribution < -0.4 is 14.8 Å². The van der Waals surface area contributed by atoms with E-state index in [1.807, 2.05) is 6.07 Å². The summed E-state index contributed by atoms with van der Waals surface area (Å²) in [6.45, 7) is 1.47. The average molecular weight is 463 g/mol. The SMILES string of the molecule is CCOC(=O)COc1c(OC)cc(Br)cc1C(Nc1ccc(C#N)cc1)C(=O)O. The van der Waals surface area contributed by atoms with Crippen LogP contribution in [-0.4, -0.2) is 37.4 Å². The monoisotopic (exact) mass is 462 g/mol. The Labute approximate surface area is 176 Å². The van der Waals surface area contributed by atoms with Crippen LogP contribution in [0.3, 0.4) is 0 Å². The van der Waals surface area contributed by atoms with Crippen molar-refractivity contribution >= 4 is 33.6 Å². The Morgan fingerprint density at radius 1 is 1.28 bits per heavy atom. The fraction of sp³-hybridized carbons (Fsp3) is 0.250. The van der Waals surface area contributed by atoms with Gasteiger partial charge in [0, 0.05) is 15.7 Å². The molecule has 0 aliphatic carbocycles. The van der Waals surface area contributed by atoms with E-state index in [0.717, 1.165) is 0 Å². The highest BCUT2D eigenvalue weighted by Crippen LogP contribution is 2.39. The number of carboxylic acids is 1. The van der Waals surface area contributed by atoms with Gasteiger partial charge in [0.25, 0.3) is 0 Å². The summed E-state index contributed by atoms with van der Waals surface area (Å²) in [7, 11) is 1.41. The highest BCUT2D eigenvalue weighted by molar-refractivity contribution is 9.10. The minimum atomic E-state index is -1.22. The number of ether oxygens (including phenoxy) is 3. The Hall–Kier alpha value is -3.25. The maximum atomic E-state index is 12.0. The number of rotatable bonds is 9. The number of hydrogen-bond acceptors (Lipinski definition) is 7. The van der Waals surface area contributed by atoms with Crippen LogP contribution in [0.1, 0.15) is 24.1 Å². The minimum Gasteiger partial charge on any atom is -0.493 e. The second-order valence-corrected chi connectivity index (χ2v) is 6.64. The first-order valence-electron chi connectivity index (χ1n) is 8.55. The lowest BCUT2D eigenvalue weighted by Gasteiger charge is -2.21. The van der Waals surface area contributed by atoms with Gasteiger partial charge in [0.1, 0.15) is 0 Å². The molecule has 0 radical (unpaired) electrons. The van der Waals surface area contributed by atoms with Crippen molar-refractivity contribution in [3.05, 3.63) is 52.0 Å². The van der Waals surface area contributed by atoms with E-state index in [0.29, 0.717) is 15.7 Å². The first-order chi connectivity index (χ1) is 13.9. The molecular formula is C20H19BrN2O6. The average Bonchev–Trinajstić information content (AvgIpc) is 2.70. The van der Waals surface area contributed by atoms with Crippen molar-refractivity contribution in [2.24, 2.45) is 0 Å². The zero-order valence-electron chi connectivity index (χ0n) is 15.8. The Morgan fingerprint density at radius 2 is 1.97 bits per heavy atom. The lowest BCUT2D eigenvalue weighted by Crippen LogP contribution is -2.23. The van der Waals surface area contributed by atoms with Crippen molar-refractivity contribution in [2.45, 2.75) is 13.0 Å². The quantitative estimate of drug-likeness (QED) is 0.543. The lowest BCUT2D eigenvalue weighted by atomic mass is 10.0. The van der Waals surface area contributed by atoms with Gasteiger partial charge in [0.05, 0.1) is 25.3 Å². The molecule has 8 nitrogen and oxygen atoms in total. The molecule has 2 N–H and O–H groups in total. The third kappa shape index (κ3) is 5.86. The number of carboxylic acid groups (broad SMARTS) is 1. The molecule has 0 aromatic heterocycles. The molecule has 29 heavy (non-hydrogen) atoms. The van der Waals surface area contributed by atoms with Gasteiger partial charge in [-0.1, -0.05) is 15.9 Å². The first-order valence-corrected chi connectivity index (χ1v) is 9.34. The van der Waals surface area contributed by atoms with Crippen molar-refractivity contribution in [3.8, 4) is 17.6 Å². The summed E-state index contributed by atoms with van der Waals surface area (Å²) < 4.78 is 16.3. The second kappa shape index (κ2) is 10.3. The fourth-order valence-corrected chi connectivity index (χ4v) is 2.98. The van der Waals surface area contributed by atoms with Gasteiger partial charge in [-0.2, -0.15) is 5.26 Å².